The van der Waals surface area contributed by atoms with Crippen LogP contribution in [-0.4, -0.2) is 19.9 Å². The second-order valence-electron chi connectivity index (χ2n) is 5.90. The van der Waals surface area contributed by atoms with Gasteiger partial charge in [-0.15, -0.1) is 0 Å². The Morgan fingerprint density at radius 1 is 0.917 bits per heavy atom. The summed E-state index contributed by atoms with van der Waals surface area (Å²) < 4.78 is 0. The smallest absolute Gasteiger partial charge is 0.227 e. The quantitative estimate of drug-likeness (QED) is 0.589. The molecule has 4 rings (SSSR count). The maximum absolute atomic E-state index is 4.63. The molecule has 0 saturated heterocycles. The lowest BCUT2D eigenvalue weighted by atomic mass is 10.1. The summed E-state index contributed by atoms with van der Waals surface area (Å²) in [5.74, 6) is 0.583. The van der Waals surface area contributed by atoms with Crippen LogP contribution in [0.15, 0.2) is 55.0 Å². The predicted molar refractivity (Wildman–Crippen MR) is 96.3 cm³/mol. The third-order valence-electron chi connectivity index (χ3n) is 3.85. The number of aromatic nitrogens is 4. The maximum Gasteiger partial charge on any atom is 0.227 e. The molecule has 0 spiro atoms. The number of nitrogens with one attached hydrogen (secondary N) is 2. The zero-order valence-electron chi connectivity index (χ0n) is 13.5. The molecule has 2 N–H and O–H groups in total. The van der Waals surface area contributed by atoms with Crippen molar-refractivity contribution in [1.82, 2.24) is 19.9 Å². The molecule has 0 atom stereocenters. The molecule has 0 bridgehead atoms. The summed E-state index contributed by atoms with van der Waals surface area (Å²) >= 11 is 0. The molecule has 2 heterocycles. The van der Waals surface area contributed by atoms with Crippen molar-refractivity contribution in [2.45, 2.75) is 13.8 Å². The fourth-order valence-corrected chi connectivity index (χ4v) is 2.85. The molecule has 4 aromatic rings. The average molecular weight is 315 g/mol. The summed E-state index contributed by atoms with van der Waals surface area (Å²) in [7, 11) is 0. The molecular formula is C19H17N5. The van der Waals surface area contributed by atoms with Crippen molar-refractivity contribution in [3.05, 3.63) is 66.1 Å². The third kappa shape index (κ3) is 2.84. The summed E-state index contributed by atoms with van der Waals surface area (Å²) in [6.45, 7) is 4.16. The molecule has 118 valence electrons. The molecule has 2 aromatic carbocycles. The summed E-state index contributed by atoms with van der Waals surface area (Å²) in [6.07, 6.45) is 3.46. The first-order valence-electron chi connectivity index (χ1n) is 7.79. The number of anilines is 2. The van der Waals surface area contributed by atoms with E-state index < -0.39 is 0 Å². The monoisotopic (exact) mass is 315 g/mol. The summed E-state index contributed by atoms with van der Waals surface area (Å²) in [6, 6.07) is 14.3. The number of H-pyrrole nitrogens is 1. The van der Waals surface area contributed by atoms with Crippen molar-refractivity contribution in [2.24, 2.45) is 0 Å². The first kappa shape index (κ1) is 14.4. The van der Waals surface area contributed by atoms with Crippen LogP contribution < -0.4 is 5.32 Å². The van der Waals surface area contributed by atoms with Gasteiger partial charge in [0.05, 0.1) is 23.1 Å². The van der Waals surface area contributed by atoms with Gasteiger partial charge in [0.25, 0.3) is 0 Å². The van der Waals surface area contributed by atoms with Crippen LogP contribution >= 0.6 is 0 Å². The highest BCUT2D eigenvalue weighted by atomic mass is 15.1. The highest BCUT2D eigenvalue weighted by molar-refractivity contribution is 5.80. The third-order valence-corrected chi connectivity index (χ3v) is 3.85. The number of fused-ring (bicyclic) bond motifs is 1. The number of imidazole rings is 1. The minimum absolute atomic E-state index is 0.583. The molecule has 0 aliphatic rings. The molecule has 0 unspecified atom stereocenters. The van der Waals surface area contributed by atoms with Crippen LogP contribution in [-0.2, 0) is 0 Å². The Morgan fingerprint density at radius 2 is 1.75 bits per heavy atom. The number of hydrogen-bond acceptors (Lipinski definition) is 4. The van der Waals surface area contributed by atoms with Gasteiger partial charge in [-0.25, -0.2) is 15.0 Å². The molecule has 2 aromatic heterocycles. The van der Waals surface area contributed by atoms with Crippen LogP contribution in [0, 0.1) is 13.8 Å². The largest absolute Gasteiger partial charge is 0.345 e. The lowest BCUT2D eigenvalue weighted by Crippen LogP contribution is -1.98. The van der Waals surface area contributed by atoms with E-state index in [0.717, 1.165) is 28.0 Å². The Bertz CT molecular complexity index is 999. The van der Waals surface area contributed by atoms with Crippen LogP contribution in [0.4, 0.5) is 11.6 Å². The molecule has 24 heavy (non-hydrogen) atoms. The number of hydrogen-bond donors (Lipinski definition) is 2. The van der Waals surface area contributed by atoms with Crippen LogP contribution in [0.1, 0.15) is 11.1 Å². The lowest BCUT2D eigenvalue weighted by molar-refractivity contribution is 1.17. The SMILES string of the molecule is Cc1cc(C)cc(Nc2nccc(-c3ccc4[nH]cnc4c3)n2)c1. The van der Waals surface area contributed by atoms with Crippen LogP contribution in [0.5, 0.6) is 0 Å². The Kier molecular flexibility index (Phi) is 3.46. The van der Waals surface area contributed by atoms with Gasteiger partial charge in [0, 0.05) is 17.4 Å². The topological polar surface area (TPSA) is 66.5 Å². The number of aryl methyl sites for hydroxylation is 2. The van der Waals surface area contributed by atoms with Gasteiger partial charge in [-0.2, -0.15) is 0 Å². The van der Waals surface area contributed by atoms with Gasteiger partial charge in [0.1, 0.15) is 0 Å². The van der Waals surface area contributed by atoms with Crippen molar-refractivity contribution in [3.8, 4) is 11.3 Å². The van der Waals surface area contributed by atoms with E-state index >= 15 is 0 Å². The van der Waals surface area contributed by atoms with E-state index in [2.05, 4.69) is 57.3 Å². The Balaban J connectivity index is 1.67. The van der Waals surface area contributed by atoms with Crippen molar-refractivity contribution < 1.29 is 0 Å². The molecule has 0 aliphatic heterocycles. The van der Waals surface area contributed by atoms with Gasteiger partial charge >= 0.3 is 0 Å². The number of nitrogens with zero attached hydrogens (tertiary/aromatic N) is 3. The van der Waals surface area contributed by atoms with Crippen LogP contribution in [0.2, 0.25) is 0 Å². The normalized spacial score (nSPS) is 10.9. The van der Waals surface area contributed by atoms with Gasteiger partial charge in [0.15, 0.2) is 0 Å². The fourth-order valence-electron chi connectivity index (χ4n) is 2.85. The summed E-state index contributed by atoms with van der Waals surface area (Å²) in [5, 5.41) is 3.28. The molecule has 0 fully saturated rings. The predicted octanol–water partition coefficient (Wildman–Crippen LogP) is 4.38. The van der Waals surface area contributed by atoms with Gasteiger partial charge < -0.3 is 10.3 Å². The van der Waals surface area contributed by atoms with Gasteiger partial charge in [-0.05, 0) is 55.3 Å². The highest BCUT2D eigenvalue weighted by Crippen LogP contribution is 2.23. The van der Waals surface area contributed by atoms with Crippen molar-refractivity contribution in [2.75, 3.05) is 5.32 Å². The second-order valence-corrected chi connectivity index (χ2v) is 5.90. The Morgan fingerprint density at radius 3 is 2.58 bits per heavy atom. The van der Waals surface area contributed by atoms with Gasteiger partial charge in [-0.3, -0.25) is 0 Å². The standard InChI is InChI=1S/C19H17N5/c1-12-7-13(2)9-15(8-12)23-19-20-6-5-16(24-19)14-3-4-17-18(10-14)22-11-21-17/h3-11H,1-2H3,(H,21,22)(H,20,23,24). The van der Waals surface area contributed by atoms with E-state index in [0.29, 0.717) is 5.95 Å². The van der Waals surface area contributed by atoms with E-state index in [9.17, 15) is 0 Å². The van der Waals surface area contributed by atoms with E-state index in [-0.39, 0.29) is 0 Å². The Labute approximate surface area is 139 Å². The molecule has 0 aliphatic carbocycles. The van der Waals surface area contributed by atoms with E-state index in [4.69, 9.17) is 0 Å². The number of aromatic amines is 1. The number of benzene rings is 2. The summed E-state index contributed by atoms with van der Waals surface area (Å²) in [5.41, 5.74) is 7.22. The molecule has 0 amide bonds. The lowest BCUT2D eigenvalue weighted by Gasteiger charge is -2.08. The molecule has 0 radical (unpaired) electrons. The van der Waals surface area contributed by atoms with Crippen molar-refractivity contribution in [1.29, 1.82) is 0 Å². The molecule has 5 nitrogen and oxygen atoms in total. The zero-order valence-corrected chi connectivity index (χ0v) is 13.5. The molecular weight excluding hydrogens is 298 g/mol. The zero-order chi connectivity index (χ0) is 16.5. The Hall–Kier alpha value is -3.21. The van der Waals surface area contributed by atoms with E-state index in [1.54, 1.807) is 12.5 Å². The average Bonchev–Trinajstić information content (AvgIpc) is 3.01. The summed E-state index contributed by atoms with van der Waals surface area (Å²) in [4.78, 5) is 16.4. The van der Waals surface area contributed by atoms with Crippen molar-refractivity contribution >= 4 is 22.7 Å². The second kappa shape index (κ2) is 5.77. The van der Waals surface area contributed by atoms with E-state index in [1.165, 1.54) is 11.1 Å². The first-order valence-corrected chi connectivity index (χ1v) is 7.79. The highest BCUT2D eigenvalue weighted by Gasteiger charge is 2.05. The van der Waals surface area contributed by atoms with Gasteiger partial charge in [-0.1, -0.05) is 12.1 Å². The molecule has 5 heteroatoms. The van der Waals surface area contributed by atoms with Crippen molar-refractivity contribution in [3.63, 3.8) is 0 Å². The molecule has 0 saturated carbocycles. The van der Waals surface area contributed by atoms with Gasteiger partial charge in [0.2, 0.25) is 5.95 Å². The van der Waals surface area contributed by atoms with E-state index in [1.807, 2.05) is 24.3 Å². The minimum Gasteiger partial charge on any atom is -0.345 e. The number of rotatable bonds is 3. The first-order chi connectivity index (χ1) is 11.7. The minimum atomic E-state index is 0.583. The van der Waals surface area contributed by atoms with Crippen LogP contribution in [0.3, 0.4) is 0 Å². The maximum atomic E-state index is 4.63. The fraction of sp³-hybridized carbons (Fsp3) is 0.105. The van der Waals surface area contributed by atoms with Crippen LogP contribution in [0.25, 0.3) is 22.3 Å².